The molecule has 0 radical (unpaired) electrons. The van der Waals surface area contributed by atoms with E-state index in [1.54, 1.807) is 20.3 Å². The molecule has 5 nitrogen and oxygen atoms in total. The average Bonchev–Trinajstić information content (AvgIpc) is 2.72. The fourth-order valence-corrected chi connectivity index (χ4v) is 3.55. The second-order valence-electron chi connectivity index (χ2n) is 6.33. The zero-order chi connectivity index (χ0) is 19.0. The summed E-state index contributed by atoms with van der Waals surface area (Å²) in [6.07, 6.45) is 1.75. The number of carboxylic acid groups (broad SMARTS) is 1. The lowest BCUT2D eigenvalue weighted by Crippen LogP contribution is -2.18. The van der Waals surface area contributed by atoms with E-state index < -0.39 is 5.97 Å². The Kier molecular flexibility index (Phi) is 4.20. The van der Waals surface area contributed by atoms with Gasteiger partial charge in [0.2, 0.25) is 0 Å². The van der Waals surface area contributed by atoms with E-state index in [0.717, 1.165) is 27.6 Å². The number of hydrogen-bond acceptors (Lipinski definition) is 4. The summed E-state index contributed by atoms with van der Waals surface area (Å²) in [5, 5.41) is 15.2. The van der Waals surface area contributed by atoms with Crippen LogP contribution in [0.25, 0.3) is 16.3 Å². The molecule has 27 heavy (non-hydrogen) atoms. The van der Waals surface area contributed by atoms with Crippen LogP contribution in [0.5, 0.6) is 11.5 Å². The number of anilines is 1. The fraction of sp³-hybridized carbons (Fsp3) is 0.136. The Morgan fingerprint density at radius 1 is 1.00 bits per heavy atom. The van der Waals surface area contributed by atoms with Gasteiger partial charge in [-0.05, 0) is 40.6 Å². The van der Waals surface area contributed by atoms with Crippen molar-refractivity contribution in [2.24, 2.45) is 0 Å². The first-order valence-electron chi connectivity index (χ1n) is 8.58. The predicted molar refractivity (Wildman–Crippen MR) is 105 cm³/mol. The summed E-state index contributed by atoms with van der Waals surface area (Å²) in [5.41, 5.74) is 2.70. The topological polar surface area (TPSA) is 67.8 Å². The molecule has 0 saturated carbocycles. The van der Waals surface area contributed by atoms with E-state index >= 15 is 0 Å². The van der Waals surface area contributed by atoms with Crippen LogP contribution in [0.4, 0.5) is 5.69 Å². The van der Waals surface area contributed by atoms with Gasteiger partial charge in [0, 0.05) is 11.3 Å². The van der Waals surface area contributed by atoms with Crippen LogP contribution in [0.15, 0.2) is 60.7 Å². The molecule has 1 aliphatic rings. The standard InChI is InChI=1S/C22H19NO4/c1-26-19-10-8-14(11-20(19)27-2)18-12-16(22(24)25)21-15-6-4-3-5-13(15)7-9-17(21)23-18/h3-12,18,23H,1-2H3,(H,24,25). The van der Waals surface area contributed by atoms with Crippen molar-refractivity contribution in [3.8, 4) is 11.5 Å². The maximum atomic E-state index is 12.0. The highest BCUT2D eigenvalue weighted by Gasteiger charge is 2.26. The van der Waals surface area contributed by atoms with Crippen LogP contribution < -0.4 is 14.8 Å². The van der Waals surface area contributed by atoms with E-state index in [1.807, 2.05) is 54.6 Å². The third kappa shape index (κ3) is 2.87. The molecule has 0 amide bonds. The minimum Gasteiger partial charge on any atom is -0.493 e. The molecule has 1 unspecified atom stereocenters. The van der Waals surface area contributed by atoms with E-state index in [0.29, 0.717) is 17.1 Å². The van der Waals surface area contributed by atoms with Crippen LogP contribution in [0.2, 0.25) is 0 Å². The monoisotopic (exact) mass is 361 g/mol. The fourth-order valence-electron chi connectivity index (χ4n) is 3.55. The third-order valence-electron chi connectivity index (χ3n) is 4.84. The first kappa shape index (κ1) is 17.0. The van der Waals surface area contributed by atoms with E-state index in [1.165, 1.54) is 0 Å². The smallest absolute Gasteiger partial charge is 0.336 e. The molecule has 1 atom stereocenters. The number of methoxy groups -OCH3 is 2. The summed E-state index contributed by atoms with van der Waals surface area (Å²) < 4.78 is 10.7. The van der Waals surface area contributed by atoms with Gasteiger partial charge in [0.05, 0.1) is 25.8 Å². The molecule has 5 heteroatoms. The quantitative estimate of drug-likeness (QED) is 0.716. The van der Waals surface area contributed by atoms with Crippen LogP contribution >= 0.6 is 0 Å². The van der Waals surface area contributed by atoms with E-state index in [2.05, 4.69) is 5.32 Å². The molecule has 0 spiro atoms. The number of ether oxygens (including phenoxy) is 2. The Balaban J connectivity index is 1.86. The molecule has 0 aliphatic carbocycles. The van der Waals surface area contributed by atoms with Crippen LogP contribution in [0.3, 0.4) is 0 Å². The second kappa shape index (κ2) is 6.68. The third-order valence-corrected chi connectivity index (χ3v) is 4.84. The molecule has 0 saturated heterocycles. The van der Waals surface area contributed by atoms with E-state index in [-0.39, 0.29) is 6.04 Å². The van der Waals surface area contributed by atoms with Crippen molar-refractivity contribution in [2.75, 3.05) is 19.5 Å². The van der Waals surface area contributed by atoms with Crippen LogP contribution in [0.1, 0.15) is 17.2 Å². The van der Waals surface area contributed by atoms with Gasteiger partial charge in [0.25, 0.3) is 0 Å². The normalized spacial score (nSPS) is 15.5. The van der Waals surface area contributed by atoms with Crippen molar-refractivity contribution in [2.45, 2.75) is 6.04 Å². The van der Waals surface area contributed by atoms with Gasteiger partial charge in [-0.15, -0.1) is 0 Å². The van der Waals surface area contributed by atoms with Crippen molar-refractivity contribution in [3.63, 3.8) is 0 Å². The van der Waals surface area contributed by atoms with Crippen LogP contribution in [0, 0.1) is 0 Å². The largest absolute Gasteiger partial charge is 0.493 e. The van der Waals surface area contributed by atoms with Gasteiger partial charge in [0.15, 0.2) is 11.5 Å². The van der Waals surface area contributed by atoms with Gasteiger partial charge >= 0.3 is 5.97 Å². The lowest BCUT2D eigenvalue weighted by molar-refractivity contribution is -0.130. The molecule has 3 aromatic rings. The number of nitrogens with one attached hydrogen (secondary N) is 1. The Labute approximate surface area is 156 Å². The van der Waals surface area contributed by atoms with Gasteiger partial charge in [-0.1, -0.05) is 36.4 Å². The number of aliphatic carboxylic acids is 1. The zero-order valence-corrected chi connectivity index (χ0v) is 15.0. The number of rotatable bonds is 4. The number of carbonyl (C=O) groups is 1. The minimum atomic E-state index is -0.945. The predicted octanol–water partition coefficient (Wildman–Crippen LogP) is 4.49. The van der Waals surface area contributed by atoms with Crippen molar-refractivity contribution in [1.29, 1.82) is 0 Å². The van der Waals surface area contributed by atoms with Gasteiger partial charge in [-0.2, -0.15) is 0 Å². The lowest BCUT2D eigenvalue weighted by atomic mass is 9.90. The van der Waals surface area contributed by atoms with E-state index in [4.69, 9.17) is 9.47 Å². The molecule has 1 heterocycles. The zero-order valence-electron chi connectivity index (χ0n) is 15.0. The Morgan fingerprint density at radius 3 is 2.52 bits per heavy atom. The van der Waals surface area contributed by atoms with Crippen molar-refractivity contribution < 1.29 is 19.4 Å². The minimum absolute atomic E-state index is 0.287. The molecule has 136 valence electrons. The molecule has 3 aromatic carbocycles. The molecular weight excluding hydrogens is 342 g/mol. The van der Waals surface area contributed by atoms with Crippen molar-refractivity contribution >= 4 is 28.0 Å². The lowest BCUT2D eigenvalue weighted by Gasteiger charge is -2.27. The highest BCUT2D eigenvalue weighted by atomic mass is 16.5. The Hall–Kier alpha value is -3.47. The first-order valence-corrected chi connectivity index (χ1v) is 8.58. The molecule has 0 bridgehead atoms. The van der Waals surface area contributed by atoms with Crippen LogP contribution in [-0.2, 0) is 4.79 Å². The molecule has 0 aromatic heterocycles. The second-order valence-corrected chi connectivity index (χ2v) is 6.33. The number of fused-ring (bicyclic) bond motifs is 3. The number of carboxylic acids is 1. The first-order chi connectivity index (χ1) is 13.1. The summed E-state index contributed by atoms with van der Waals surface area (Å²) in [7, 11) is 3.16. The summed E-state index contributed by atoms with van der Waals surface area (Å²) >= 11 is 0. The molecule has 1 aliphatic heterocycles. The van der Waals surface area contributed by atoms with Crippen molar-refractivity contribution in [3.05, 3.63) is 71.8 Å². The summed E-state index contributed by atoms with van der Waals surface area (Å²) in [5.74, 6) is 0.289. The highest BCUT2D eigenvalue weighted by molar-refractivity contribution is 6.22. The summed E-state index contributed by atoms with van der Waals surface area (Å²) in [4.78, 5) is 12.0. The summed E-state index contributed by atoms with van der Waals surface area (Å²) in [6, 6.07) is 17.0. The highest BCUT2D eigenvalue weighted by Crippen LogP contribution is 2.41. The average molecular weight is 361 g/mol. The Morgan fingerprint density at radius 2 is 1.78 bits per heavy atom. The molecule has 4 rings (SSSR count). The number of benzene rings is 3. The Bertz CT molecular complexity index is 1070. The SMILES string of the molecule is COc1ccc(C2C=C(C(=O)O)c3c(ccc4ccccc34)N2)cc1OC. The van der Waals surface area contributed by atoms with Crippen LogP contribution in [-0.4, -0.2) is 25.3 Å². The van der Waals surface area contributed by atoms with Gasteiger partial charge in [0.1, 0.15) is 0 Å². The van der Waals surface area contributed by atoms with Gasteiger partial charge < -0.3 is 19.9 Å². The van der Waals surface area contributed by atoms with Gasteiger partial charge in [-0.25, -0.2) is 4.79 Å². The number of hydrogen-bond donors (Lipinski definition) is 2. The van der Waals surface area contributed by atoms with E-state index in [9.17, 15) is 9.90 Å². The van der Waals surface area contributed by atoms with Crippen molar-refractivity contribution in [1.82, 2.24) is 0 Å². The molecule has 0 fully saturated rings. The maximum Gasteiger partial charge on any atom is 0.336 e. The molecular formula is C22H19NO4. The molecule has 2 N–H and O–H groups in total. The van der Waals surface area contributed by atoms with Gasteiger partial charge in [-0.3, -0.25) is 0 Å². The maximum absolute atomic E-state index is 12.0. The summed E-state index contributed by atoms with van der Waals surface area (Å²) in [6.45, 7) is 0.